The molecule has 0 unspecified atom stereocenters. The lowest BCUT2D eigenvalue weighted by atomic mass is 9.84. The fourth-order valence-electron chi connectivity index (χ4n) is 4.12. The van der Waals surface area contributed by atoms with Crippen LogP contribution in [-0.2, 0) is 17.6 Å². The van der Waals surface area contributed by atoms with Gasteiger partial charge in [-0.05, 0) is 37.1 Å². The highest BCUT2D eigenvalue weighted by Crippen LogP contribution is 2.28. The average Bonchev–Trinajstić information content (AvgIpc) is 3.27. The molecule has 140 valence electrons. The maximum Gasteiger partial charge on any atom is 0.326 e. The Morgan fingerprint density at radius 3 is 1.85 bits per heavy atom. The van der Waals surface area contributed by atoms with E-state index in [0.717, 1.165) is 37.1 Å². The zero-order valence-corrected chi connectivity index (χ0v) is 15.4. The van der Waals surface area contributed by atoms with E-state index in [2.05, 4.69) is 10.2 Å². The number of likely N-dealkylation sites (tertiary alicyclic amines) is 1. The van der Waals surface area contributed by atoms with Crippen molar-refractivity contribution in [3.63, 3.8) is 0 Å². The molecule has 2 aromatic rings. The topological polar surface area (TPSA) is 52.7 Å². The molecule has 0 spiro atoms. The van der Waals surface area contributed by atoms with Crippen LogP contribution in [0.25, 0.3) is 0 Å². The summed E-state index contributed by atoms with van der Waals surface area (Å²) in [6.45, 7) is 2.28. The Balaban J connectivity index is 1.62. The number of nitrogens with zero attached hydrogens (tertiary/aromatic N) is 2. The first-order valence-corrected chi connectivity index (χ1v) is 9.61. The second-order valence-electron chi connectivity index (χ2n) is 7.54. The predicted molar refractivity (Wildman–Crippen MR) is 104 cm³/mol. The van der Waals surface area contributed by atoms with Crippen molar-refractivity contribution in [3.05, 3.63) is 71.8 Å². The van der Waals surface area contributed by atoms with Gasteiger partial charge in [0.05, 0.1) is 6.67 Å². The van der Waals surface area contributed by atoms with Crippen molar-refractivity contribution in [1.29, 1.82) is 0 Å². The number of rotatable bonds is 6. The summed E-state index contributed by atoms with van der Waals surface area (Å²) in [5.41, 5.74) is 1.16. The minimum Gasteiger partial charge on any atom is -0.322 e. The van der Waals surface area contributed by atoms with Crippen LogP contribution in [0, 0.1) is 0 Å². The summed E-state index contributed by atoms with van der Waals surface area (Å²) in [5.74, 6) is -0.118. The third-order valence-electron chi connectivity index (χ3n) is 5.48. The molecule has 27 heavy (non-hydrogen) atoms. The van der Waals surface area contributed by atoms with Gasteiger partial charge in [-0.15, -0.1) is 0 Å². The third-order valence-corrected chi connectivity index (χ3v) is 5.48. The molecular weight excluding hydrogens is 338 g/mol. The standard InChI is InChI=1S/C22H25N3O2/c26-20-22(15-18-9-3-1-4-10-18,16-19-11-5-2-6-12-19)23-21(27)25(20)17-24-13-7-8-14-24/h1-6,9-12H,7-8,13-17H2,(H,23,27). The summed E-state index contributed by atoms with van der Waals surface area (Å²) in [7, 11) is 0. The van der Waals surface area contributed by atoms with E-state index < -0.39 is 5.54 Å². The Kier molecular flexibility index (Phi) is 4.94. The number of carbonyl (C=O) groups excluding carboxylic acids is 2. The Morgan fingerprint density at radius 2 is 1.33 bits per heavy atom. The second-order valence-corrected chi connectivity index (χ2v) is 7.54. The van der Waals surface area contributed by atoms with Crippen LogP contribution in [0.5, 0.6) is 0 Å². The highest BCUT2D eigenvalue weighted by molar-refractivity contribution is 6.07. The van der Waals surface area contributed by atoms with E-state index >= 15 is 0 Å². The van der Waals surface area contributed by atoms with E-state index in [1.165, 1.54) is 4.90 Å². The largest absolute Gasteiger partial charge is 0.326 e. The van der Waals surface area contributed by atoms with Crippen LogP contribution in [0.3, 0.4) is 0 Å². The first kappa shape index (κ1) is 17.7. The number of benzene rings is 2. The molecule has 0 bridgehead atoms. The van der Waals surface area contributed by atoms with E-state index in [-0.39, 0.29) is 11.9 Å². The van der Waals surface area contributed by atoms with Crippen molar-refractivity contribution >= 4 is 11.9 Å². The van der Waals surface area contributed by atoms with Crippen LogP contribution in [-0.4, -0.2) is 47.0 Å². The summed E-state index contributed by atoms with van der Waals surface area (Å²) in [4.78, 5) is 29.8. The number of hydrogen-bond acceptors (Lipinski definition) is 3. The van der Waals surface area contributed by atoms with Gasteiger partial charge in [-0.3, -0.25) is 9.69 Å². The van der Waals surface area contributed by atoms with Crippen LogP contribution < -0.4 is 5.32 Å². The first-order chi connectivity index (χ1) is 13.2. The molecule has 5 heteroatoms. The molecule has 3 amide bonds. The van der Waals surface area contributed by atoms with Crippen molar-refractivity contribution in [3.8, 4) is 0 Å². The summed E-state index contributed by atoms with van der Waals surface area (Å²) in [6.07, 6.45) is 3.24. The van der Waals surface area contributed by atoms with Crippen LogP contribution in [0.15, 0.2) is 60.7 Å². The van der Waals surface area contributed by atoms with Gasteiger partial charge in [-0.25, -0.2) is 9.69 Å². The van der Waals surface area contributed by atoms with Gasteiger partial charge in [-0.2, -0.15) is 0 Å². The molecule has 4 rings (SSSR count). The average molecular weight is 363 g/mol. The number of hydrogen-bond donors (Lipinski definition) is 1. The fraction of sp³-hybridized carbons (Fsp3) is 0.364. The maximum absolute atomic E-state index is 13.5. The van der Waals surface area contributed by atoms with Gasteiger partial charge in [0.1, 0.15) is 5.54 Å². The number of carbonyl (C=O) groups is 2. The molecule has 0 aliphatic carbocycles. The summed E-state index contributed by atoms with van der Waals surface area (Å²) in [6, 6.07) is 19.5. The monoisotopic (exact) mass is 363 g/mol. The SMILES string of the molecule is O=C1NC(Cc2ccccc2)(Cc2ccccc2)C(=O)N1CN1CCCC1. The van der Waals surface area contributed by atoms with Gasteiger partial charge in [0.15, 0.2) is 0 Å². The molecule has 0 atom stereocenters. The lowest BCUT2D eigenvalue weighted by Crippen LogP contribution is -2.51. The van der Waals surface area contributed by atoms with Gasteiger partial charge in [0.2, 0.25) is 0 Å². The molecule has 2 aliphatic rings. The molecule has 0 aromatic heterocycles. The van der Waals surface area contributed by atoms with Crippen molar-refractivity contribution in [2.75, 3.05) is 19.8 Å². The lowest BCUT2D eigenvalue weighted by molar-refractivity contribution is -0.132. The molecule has 5 nitrogen and oxygen atoms in total. The van der Waals surface area contributed by atoms with Crippen molar-refractivity contribution < 1.29 is 9.59 Å². The molecule has 2 aromatic carbocycles. The Morgan fingerprint density at radius 1 is 0.815 bits per heavy atom. The summed E-state index contributed by atoms with van der Waals surface area (Å²) < 4.78 is 0. The zero-order valence-electron chi connectivity index (χ0n) is 15.4. The number of amides is 3. The molecule has 2 saturated heterocycles. The minimum atomic E-state index is -0.931. The van der Waals surface area contributed by atoms with Crippen LogP contribution >= 0.6 is 0 Å². The fourth-order valence-corrected chi connectivity index (χ4v) is 4.12. The molecule has 0 radical (unpaired) electrons. The first-order valence-electron chi connectivity index (χ1n) is 9.61. The minimum absolute atomic E-state index is 0.118. The zero-order chi connectivity index (χ0) is 18.7. The molecule has 2 fully saturated rings. The summed E-state index contributed by atoms with van der Waals surface area (Å²) in [5, 5.41) is 3.05. The van der Waals surface area contributed by atoms with Crippen LogP contribution in [0.1, 0.15) is 24.0 Å². The molecule has 2 aliphatic heterocycles. The van der Waals surface area contributed by atoms with Crippen molar-refractivity contribution in [2.24, 2.45) is 0 Å². The molecular formula is C22H25N3O2. The van der Waals surface area contributed by atoms with Crippen molar-refractivity contribution in [1.82, 2.24) is 15.1 Å². The van der Waals surface area contributed by atoms with Crippen LogP contribution in [0.2, 0.25) is 0 Å². The predicted octanol–water partition coefficient (Wildman–Crippen LogP) is 2.82. The Labute approximate surface area is 160 Å². The van der Waals surface area contributed by atoms with Crippen molar-refractivity contribution in [2.45, 2.75) is 31.2 Å². The highest BCUT2D eigenvalue weighted by Gasteiger charge is 2.51. The van der Waals surface area contributed by atoms with E-state index in [9.17, 15) is 9.59 Å². The van der Waals surface area contributed by atoms with Crippen LogP contribution in [0.4, 0.5) is 4.79 Å². The Bertz CT molecular complexity index is 759. The highest BCUT2D eigenvalue weighted by atomic mass is 16.2. The molecule has 0 saturated carbocycles. The second kappa shape index (κ2) is 7.53. The Hall–Kier alpha value is -2.66. The van der Waals surface area contributed by atoms with Gasteiger partial charge < -0.3 is 5.32 Å². The van der Waals surface area contributed by atoms with Gasteiger partial charge in [0, 0.05) is 12.8 Å². The van der Waals surface area contributed by atoms with Gasteiger partial charge >= 0.3 is 6.03 Å². The number of nitrogens with one attached hydrogen (secondary N) is 1. The number of imide groups is 1. The molecule has 2 heterocycles. The smallest absolute Gasteiger partial charge is 0.322 e. The van der Waals surface area contributed by atoms with Gasteiger partial charge in [0.25, 0.3) is 5.91 Å². The van der Waals surface area contributed by atoms with E-state index in [1.54, 1.807) is 0 Å². The third kappa shape index (κ3) is 3.74. The number of urea groups is 1. The van der Waals surface area contributed by atoms with E-state index in [0.29, 0.717) is 19.5 Å². The lowest BCUT2D eigenvalue weighted by Gasteiger charge is -2.28. The van der Waals surface area contributed by atoms with Gasteiger partial charge in [-0.1, -0.05) is 60.7 Å². The maximum atomic E-state index is 13.5. The van der Waals surface area contributed by atoms with E-state index in [4.69, 9.17) is 0 Å². The quantitative estimate of drug-likeness (QED) is 0.803. The van der Waals surface area contributed by atoms with E-state index in [1.807, 2.05) is 60.7 Å². The summed E-state index contributed by atoms with van der Waals surface area (Å²) >= 11 is 0. The normalized spacial score (nSPS) is 19.5. The molecule has 1 N–H and O–H groups in total.